The molecule has 1 aromatic carbocycles. The molecule has 1 heteroatoms. The van der Waals surface area contributed by atoms with Crippen LogP contribution in [0.25, 0.3) is 0 Å². The van der Waals surface area contributed by atoms with Gasteiger partial charge in [-0.3, -0.25) is 0 Å². The van der Waals surface area contributed by atoms with Crippen LogP contribution in [-0.2, 0) is 4.74 Å². The summed E-state index contributed by atoms with van der Waals surface area (Å²) < 4.78 is 5.41. The molecular formula is C11H12O. The number of ether oxygens (including phenoxy) is 1. The first kappa shape index (κ1) is 7.56. The molecule has 0 unspecified atom stereocenters. The highest BCUT2D eigenvalue weighted by molar-refractivity contribution is 5.32. The van der Waals surface area contributed by atoms with Crippen molar-refractivity contribution in [2.45, 2.75) is 19.1 Å². The van der Waals surface area contributed by atoms with Crippen LogP contribution < -0.4 is 0 Å². The molecule has 1 nitrogen and oxygen atoms in total. The van der Waals surface area contributed by atoms with Gasteiger partial charge in [0.05, 0.1) is 0 Å². The molecule has 2 rings (SSSR count). The van der Waals surface area contributed by atoms with E-state index in [1.165, 1.54) is 11.1 Å². The molecule has 1 heterocycles. The summed E-state index contributed by atoms with van der Waals surface area (Å²) in [6, 6.07) is 8.31. The molecule has 2 atom stereocenters. The lowest BCUT2D eigenvalue weighted by molar-refractivity contribution is 0.393. The van der Waals surface area contributed by atoms with Crippen molar-refractivity contribution in [1.29, 1.82) is 0 Å². The fourth-order valence-corrected chi connectivity index (χ4v) is 1.46. The molecule has 12 heavy (non-hydrogen) atoms. The Morgan fingerprint density at radius 1 is 1.42 bits per heavy atom. The zero-order chi connectivity index (χ0) is 8.55. The Bertz CT molecular complexity index is 304. The summed E-state index contributed by atoms with van der Waals surface area (Å²) in [7, 11) is 0. The third-order valence-corrected chi connectivity index (χ3v) is 2.25. The average molecular weight is 160 g/mol. The number of epoxide rings is 1. The molecule has 0 saturated carbocycles. The average Bonchev–Trinajstić information content (AvgIpc) is 2.84. The minimum absolute atomic E-state index is 0.242. The minimum atomic E-state index is 0.242. The van der Waals surface area contributed by atoms with Gasteiger partial charge in [-0.25, -0.2) is 0 Å². The molecule has 0 bridgehead atoms. The first-order chi connectivity index (χ1) is 5.83. The second-order valence-corrected chi connectivity index (χ2v) is 3.11. The van der Waals surface area contributed by atoms with Crippen molar-refractivity contribution >= 4 is 0 Å². The van der Waals surface area contributed by atoms with Crippen LogP contribution in [0, 0.1) is 6.92 Å². The van der Waals surface area contributed by atoms with Gasteiger partial charge in [0.25, 0.3) is 0 Å². The Hall–Kier alpha value is -1.08. The molecule has 0 aromatic heterocycles. The summed E-state index contributed by atoms with van der Waals surface area (Å²) in [6.45, 7) is 5.81. The fourth-order valence-electron chi connectivity index (χ4n) is 1.46. The van der Waals surface area contributed by atoms with Gasteiger partial charge in [-0.15, -0.1) is 6.58 Å². The first-order valence-corrected chi connectivity index (χ1v) is 4.16. The highest BCUT2D eigenvalue weighted by Gasteiger charge is 2.37. The van der Waals surface area contributed by atoms with Crippen LogP contribution >= 0.6 is 0 Å². The quantitative estimate of drug-likeness (QED) is 0.478. The summed E-state index contributed by atoms with van der Waals surface area (Å²) in [6.07, 6.45) is 2.37. The maximum atomic E-state index is 5.41. The number of hydrogen-bond acceptors (Lipinski definition) is 1. The SMILES string of the molecule is C=C[C@@H]1O[C@@H]1c1ccccc1C. The zero-order valence-electron chi connectivity index (χ0n) is 7.16. The number of hydrogen-bond donors (Lipinski definition) is 0. The molecule has 1 aliphatic heterocycles. The van der Waals surface area contributed by atoms with Crippen molar-refractivity contribution < 1.29 is 4.74 Å². The molecule has 1 fully saturated rings. The molecule has 0 spiro atoms. The molecule has 0 aliphatic carbocycles. The highest BCUT2D eigenvalue weighted by atomic mass is 16.6. The Morgan fingerprint density at radius 3 is 2.75 bits per heavy atom. The Morgan fingerprint density at radius 2 is 2.17 bits per heavy atom. The van der Waals surface area contributed by atoms with E-state index < -0.39 is 0 Å². The van der Waals surface area contributed by atoms with E-state index in [1.54, 1.807) is 0 Å². The largest absolute Gasteiger partial charge is 0.360 e. The molecule has 1 aromatic rings. The van der Waals surface area contributed by atoms with Crippen LogP contribution in [0.4, 0.5) is 0 Å². The number of rotatable bonds is 2. The van der Waals surface area contributed by atoms with Gasteiger partial charge in [0.2, 0.25) is 0 Å². The normalized spacial score (nSPS) is 26.8. The van der Waals surface area contributed by atoms with Gasteiger partial charge >= 0.3 is 0 Å². The summed E-state index contributed by atoms with van der Waals surface area (Å²) >= 11 is 0. The number of aryl methyl sites for hydroxylation is 1. The van der Waals surface area contributed by atoms with Gasteiger partial charge in [0, 0.05) is 0 Å². The van der Waals surface area contributed by atoms with Gasteiger partial charge in [-0.1, -0.05) is 30.3 Å². The summed E-state index contributed by atoms with van der Waals surface area (Å²) in [5.41, 5.74) is 2.59. The predicted molar refractivity (Wildman–Crippen MR) is 49.0 cm³/mol. The van der Waals surface area contributed by atoms with Crippen LogP contribution in [0.5, 0.6) is 0 Å². The Labute approximate surface area is 72.7 Å². The van der Waals surface area contributed by atoms with Crippen LogP contribution in [0.3, 0.4) is 0 Å². The van der Waals surface area contributed by atoms with Crippen LogP contribution in [0.2, 0.25) is 0 Å². The summed E-state index contributed by atoms with van der Waals surface area (Å²) in [4.78, 5) is 0. The van der Waals surface area contributed by atoms with Crippen molar-refractivity contribution in [1.82, 2.24) is 0 Å². The smallest absolute Gasteiger partial charge is 0.113 e. The molecule has 0 amide bonds. The lowest BCUT2D eigenvalue weighted by atomic mass is 10.0. The standard InChI is InChI=1S/C11H12O/c1-3-10-11(12-10)9-7-5-4-6-8(9)2/h3-7,10-11H,1H2,2H3/t10-,11+/m0/s1. The second-order valence-electron chi connectivity index (χ2n) is 3.11. The zero-order valence-corrected chi connectivity index (χ0v) is 7.16. The molecule has 1 aliphatic rings. The lowest BCUT2D eigenvalue weighted by Gasteiger charge is -1.99. The van der Waals surface area contributed by atoms with Gasteiger partial charge < -0.3 is 4.74 Å². The molecular weight excluding hydrogens is 148 g/mol. The first-order valence-electron chi connectivity index (χ1n) is 4.16. The minimum Gasteiger partial charge on any atom is -0.360 e. The van der Waals surface area contributed by atoms with Crippen LogP contribution in [0.1, 0.15) is 17.2 Å². The van der Waals surface area contributed by atoms with Gasteiger partial charge in [-0.05, 0) is 18.1 Å². The molecule has 0 radical (unpaired) electrons. The second kappa shape index (κ2) is 2.76. The Balaban J connectivity index is 2.25. The van der Waals surface area contributed by atoms with Crippen LogP contribution in [-0.4, -0.2) is 6.10 Å². The Kier molecular flexibility index (Phi) is 1.74. The summed E-state index contributed by atoms with van der Waals surface area (Å²) in [5, 5.41) is 0. The topological polar surface area (TPSA) is 12.5 Å². The highest BCUT2D eigenvalue weighted by Crippen LogP contribution is 2.40. The van der Waals surface area contributed by atoms with E-state index in [2.05, 4.69) is 25.6 Å². The van der Waals surface area contributed by atoms with Crippen LogP contribution in [0.15, 0.2) is 36.9 Å². The van der Waals surface area contributed by atoms with E-state index in [9.17, 15) is 0 Å². The maximum Gasteiger partial charge on any atom is 0.113 e. The van der Waals surface area contributed by atoms with E-state index in [0.717, 1.165) is 0 Å². The van der Waals surface area contributed by atoms with Crippen molar-refractivity contribution in [2.75, 3.05) is 0 Å². The molecule has 1 saturated heterocycles. The van der Waals surface area contributed by atoms with Crippen molar-refractivity contribution in [3.8, 4) is 0 Å². The third-order valence-electron chi connectivity index (χ3n) is 2.25. The van der Waals surface area contributed by atoms with Gasteiger partial charge in [-0.2, -0.15) is 0 Å². The molecule has 0 N–H and O–H groups in total. The van der Waals surface area contributed by atoms with Crippen molar-refractivity contribution in [2.24, 2.45) is 0 Å². The third kappa shape index (κ3) is 1.16. The predicted octanol–water partition coefficient (Wildman–Crippen LogP) is 2.62. The molecule has 62 valence electrons. The monoisotopic (exact) mass is 160 g/mol. The van der Waals surface area contributed by atoms with Gasteiger partial charge in [0.15, 0.2) is 0 Å². The van der Waals surface area contributed by atoms with E-state index in [0.29, 0.717) is 0 Å². The fraction of sp³-hybridized carbons (Fsp3) is 0.273. The van der Waals surface area contributed by atoms with Gasteiger partial charge in [0.1, 0.15) is 12.2 Å². The van der Waals surface area contributed by atoms with E-state index in [1.807, 2.05) is 18.2 Å². The summed E-state index contributed by atoms with van der Waals surface area (Å²) in [5.74, 6) is 0. The maximum absolute atomic E-state index is 5.41. The lowest BCUT2D eigenvalue weighted by Crippen LogP contribution is -1.87. The van der Waals surface area contributed by atoms with E-state index in [4.69, 9.17) is 4.74 Å². The van der Waals surface area contributed by atoms with E-state index >= 15 is 0 Å². The van der Waals surface area contributed by atoms with Crippen molar-refractivity contribution in [3.05, 3.63) is 48.0 Å². The van der Waals surface area contributed by atoms with Crippen molar-refractivity contribution in [3.63, 3.8) is 0 Å². The number of benzene rings is 1. The van der Waals surface area contributed by atoms with E-state index in [-0.39, 0.29) is 12.2 Å².